The number of carbonyl (C=O) groups is 2. The fraction of sp³-hybridized carbons (Fsp3) is 0.846. The van der Waals surface area contributed by atoms with Crippen molar-refractivity contribution >= 4 is 23.8 Å². The van der Waals surface area contributed by atoms with Gasteiger partial charge in [0.15, 0.2) is 0 Å². The molecule has 0 aromatic carbocycles. The van der Waals surface area contributed by atoms with E-state index in [2.05, 4.69) is 10.6 Å². The molecule has 5 nitrogen and oxygen atoms in total. The van der Waals surface area contributed by atoms with Gasteiger partial charge in [0.25, 0.3) is 0 Å². The Labute approximate surface area is 118 Å². The number of carboxylic acid groups (broad SMARTS) is 1. The molecule has 19 heavy (non-hydrogen) atoms. The lowest BCUT2D eigenvalue weighted by Crippen LogP contribution is -2.49. The Morgan fingerprint density at radius 1 is 1.37 bits per heavy atom. The molecule has 0 bridgehead atoms. The van der Waals surface area contributed by atoms with Gasteiger partial charge in [0.05, 0.1) is 0 Å². The van der Waals surface area contributed by atoms with E-state index >= 15 is 0 Å². The van der Waals surface area contributed by atoms with E-state index in [1.807, 2.05) is 13.2 Å². The van der Waals surface area contributed by atoms with Crippen LogP contribution in [0.1, 0.15) is 39.0 Å². The smallest absolute Gasteiger partial charge is 0.326 e. The van der Waals surface area contributed by atoms with Crippen LogP contribution in [0.2, 0.25) is 0 Å². The van der Waals surface area contributed by atoms with Gasteiger partial charge in [0.1, 0.15) is 6.04 Å². The molecule has 1 saturated carbocycles. The average Bonchev–Trinajstić information content (AvgIpc) is 3.17. The molecule has 110 valence electrons. The SMILES string of the molecule is CCC(CC1CC1)NC(=O)N[C@@H](CCSC)C(=O)O. The summed E-state index contributed by atoms with van der Waals surface area (Å²) < 4.78 is 0. The number of nitrogens with one attached hydrogen (secondary N) is 2. The summed E-state index contributed by atoms with van der Waals surface area (Å²) >= 11 is 1.57. The van der Waals surface area contributed by atoms with Crippen molar-refractivity contribution in [2.24, 2.45) is 5.92 Å². The van der Waals surface area contributed by atoms with E-state index in [1.54, 1.807) is 11.8 Å². The van der Waals surface area contributed by atoms with Crippen LogP contribution in [0.15, 0.2) is 0 Å². The molecule has 0 aliphatic heterocycles. The summed E-state index contributed by atoms with van der Waals surface area (Å²) in [5, 5.41) is 14.5. The normalized spacial score (nSPS) is 17.6. The standard InChI is InChI=1S/C13H24N2O3S/c1-3-10(8-9-4-5-9)14-13(18)15-11(12(16)17)6-7-19-2/h9-11H,3-8H2,1-2H3,(H,16,17)(H2,14,15,18)/t10?,11-/m0/s1. The Kier molecular flexibility index (Phi) is 7.05. The molecule has 1 unspecified atom stereocenters. The first-order valence-corrected chi connectivity index (χ1v) is 8.25. The van der Waals surface area contributed by atoms with Crippen LogP contribution < -0.4 is 10.6 Å². The Balaban J connectivity index is 2.34. The topological polar surface area (TPSA) is 78.4 Å². The van der Waals surface area contributed by atoms with Gasteiger partial charge in [0.2, 0.25) is 0 Å². The van der Waals surface area contributed by atoms with Crippen LogP contribution in [0.3, 0.4) is 0 Å². The Morgan fingerprint density at radius 3 is 2.53 bits per heavy atom. The van der Waals surface area contributed by atoms with E-state index < -0.39 is 12.0 Å². The predicted octanol–water partition coefficient (Wildman–Crippen LogP) is 2.07. The number of hydrogen-bond donors (Lipinski definition) is 3. The van der Waals surface area contributed by atoms with Crippen molar-refractivity contribution in [1.82, 2.24) is 10.6 Å². The number of rotatable bonds is 9. The van der Waals surface area contributed by atoms with Crippen molar-refractivity contribution in [1.29, 1.82) is 0 Å². The van der Waals surface area contributed by atoms with Crippen LogP contribution in [0.4, 0.5) is 4.79 Å². The van der Waals surface area contributed by atoms with Gasteiger partial charge in [-0.1, -0.05) is 19.8 Å². The first-order chi connectivity index (χ1) is 9.06. The molecule has 0 radical (unpaired) electrons. The van der Waals surface area contributed by atoms with Crippen LogP contribution in [0, 0.1) is 5.92 Å². The summed E-state index contributed by atoms with van der Waals surface area (Å²) in [6, 6.07) is -1.01. The largest absolute Gasteiger partial charge is 0.480 e. The number of amides is 2. The zero-order chi connectivity index (χ0) is 14.3. The van der Waals surface area contributed by atoms with E-state index in [-0.39, 0.29) is 12.1 Å². The van der Waals surface area contributed by atoms with E-state index in [4.69, 9.17) is 5.11 Å². The van der Waals surface area contributed by atoms with Gasteiger partial charge in [-0.05, 0) is 37.2 Å². The Morgan fingerprint density at radius 2 is 2.05 bits per heavy atom. The minimum Gasteiger partial charge on any atom is -0.480 e. The molecule has 0 heterocycles. The third-order valence-electron chi connectivity index (χ3n) is 3.36. The number of thioether (sulfide) groups is 1. The molecule has 0 spiro atoms. The highest BCUT2D eigenvalue weighted by Gasteiger charge is 2.26. The van der Waals surface area contributed by atoms with Gasteiger partial charge >= 0.3 is 12.0 Å². The van der Waals surface area contributed by atoms with E-state index in [0.29, 0.717) is 6.42 Å². The van der Waals surface area contributed by atoms with Crippen molar-refractivity contribution in [3.05, 3.63) is 0 Å². The molecule has 1 rings (SSSR count). The minimum absolute atomic E-state index is 0.155. The second-order valence-corrected chi connectivity index (χ2v) is 6.06. The third-order valence-corrected chi connectivity index (χ3v) is 4.00. The van der Waals surface area contributed by atoms with Crippen molar-refractivity contribution in [2.75, 3.05) is 12.0 Å². The van der Waals surface area contributed by atoms with Crippen LogP contribution in [-0.2, 0) is 4.79 Å². The summed E-state index contributed by atoms with van der Waals surface area (Å²) in [4.78, 5) is 22.8. The number of aliphatic carboxylic acids is 1. The number of urea groups is 1. The molecule has 2 amide bonds. The predicted molar refractivity (Wildman–Crippen MR) is 77.5 cm³/mol. The zero-order valence-corrected chi connectivity index (χ0v) is 12.5. The quantitative estimate of drug-likeness (QED) is 0.607. The van der Waals surface area contributed by atoms with E-state index in [1.165, 1.54) is 12.8 Å². The lowest BCUT2D eigenvalue weighted by Gasteiger charge is -2.20. The highest BCUT2D eigenvalue weighted by atomic mass is 32.2. The second kappa shape index (κ2) is 8.30. The van der Waals surface area contributed by atoms with Gasteiger partial charge < -0.3 is 15.7 Å². The van der Waals surface area contributed by atoms with Crippen molar-refractivity contribution < 1.29 is 14.7 Å². The lowest BCUT2D eigenvalue weighted by molar-refractivity contribution is -0.139. The zero-order valence-electron chi connectivity index (χ0n) is 11.6. The molecular formula is C13H24N2O3S. The third kappa shape index (κ3) is 6.71. The molecule has 0 aromatic heterocycles. The summed E-state index contributed by atoms with van der Waals surface area (Å²) in [5.41, 5.74) is 0. The maximum atomic E-state index is 11.8. The molecule has 3 N–H and O–H groups in total. The highest BCUT2D eigenvalue weighted by molar-refractivity contribution is 7.98. The maximum absolute atomic E-state index is 11.8. The second-order valence-electron chi connectivity index (χ2n) is 5.07. The molecular weight excluding hydrogens is 264 g/mol. The maximum Gasteiger partial charge on any atom is 0.326 e. The van der Waals surface area contributed by atoms with E-state index in [9.17, 15) is 9.59 Å². The van der Waals surface area contributed by atoms with Crippen LogP contribution >= 0.6 is 11.8 Å². The van der Waals surface area contributed by atoms with Crippen molar-refractivity contribution in [2.45, 2.75) is 51.1 Å². The van der Waals surface area contributed by atoms with Gasteiger partial charge in [0, 0.05) is 6.04 Å². The molecule has 6 heteroatoms. The van der Waals surface area contributed by atoms with Gasteiger partial charge in [-0.15, -0.1) is 0 Å². The Hall–Kier alpha value is -0.910. The lowest BCUT2D eigenvalue weighted by atomic mass is 10.1. The van der Waals surface area contributed by atoms with Crippen molar-refractivity contribution in [3.8, 4) is 0 Å². The summed E-state index contributed by atoms with van der Waals surface area (Å²) in [7, 11) is 0. The highest BCUT2D eigenvalue weighted by Crippen LogP contribution is 2.33. The first-order valence-electron chi connectivity index (χ1n) is 6.85. The van der Waals surface area contributed by atoms with Gasteiger partial charge in [-0.3, -0.25) is 0 Å². The van der Waals surface area contributed by atoms with E-state index in [0.717, 1.165) is 24.5 Å². The fourth-order valence-corrected chi connectivity index (χ4v) is 2.43. The number of carbonyl (C=O) groups excluding carboxylic acids is 1. The van der Waals surface area contributed by atoms with Gasteiger partial charge in [-0.25, -0.2) is 9.59 Å². The number of carboxylic acids is 1. The number of hydrogen-bond acceptors (Lipinski definition) is 3. The molecule has 2 atom stereocenters. The molecule has 0 saturated heterocycles. The first kappa shape index (κ1) is 16.1. The minimum atomic E-state index is -0.973. The van der Waals surface area contributed by atoms with Crippen molar-refractivity contribution in [3.63, 3.8) is 0 Å². The Bertz CT molecular complexity index is 308. The monoisotopic (exact) mass is 288 g/mol. The van der Waals surface area contributed by atoms with Crippen LogP contribution in [-0.4, -0.2) is 41.2 Å². The molecule has 1 aliphatic rings. The van der Waals surface area contributed by atoms with Crippen LogP contribution in [0.5, 0.6) is 0 Å². The summed E-state index contributed by atoms with van der Waals surface area (Å²) in [6.07, 6.45) is 6.76. The molecule has 1 fully saturated rings. The fourth-order valence-electron chi connectivity index (χ4n) is 1.96. The van der Waals surface area contributed by atoms with Gasteiger partial charge in [-0.2, -0.15) is 11.8 Å². The average molecular weight is 288 g/mol. The molecule has 0 aromatic rings. The van der Waals surface area contributed by atoms with Crippen LogP contribution in [0.25, 0.3) is 0 Å². The molecule has 1 aliphatic carbocycles. The summed E-state index contributed by atoms with van der Waals surface area (Å²) in [6.45, 7) is 2.04. The summed E-state index contributed by atoms with van der Waals surface area (Å²) in [5.74, 6) is 0.493.